The van der Waals surface area contributed by atoms with Gasteiger partial charge >= 0.3 is 0 Å². The number of nitrogens with two attached hydrogens (primary N) is 1. The molecule has 0 amide bonds. The van der Waals surface area contributed by atoms with Crippen LogP contribution in [0.2, 0.25) is 0 Å². The number of alkyl halides is 1. The van der Waals surface area contributed by atoms with Gasteiger partial charge < -0.3 is 10.8 Å². The van der Waals surface area contributed by atoms with E-state index in [9.17, 15) is 4.39 Å². The second-order valence-corrected chi connectivity index (χ2v) is 2.36. The molecule has 1 aromatic carbocycles. The zero-order chi connectivity index (χ0) is 8.27. The first-order chi connectivity index (χ1) is 5.24. The van der Waals surface area contributed by atoms with E-state index in [2.05, 4.69) is 0 Å². The van der Waals surface area contributed by atoms with Crippen LogP contribution in [0.4, 0.5) is 4.39 Å². The van der Waals surface area contributed by atoms with Gasteiger partial charge in [-0.25, -0.2) is 4.39 Å². The molecule has 0 saturated heterocycles. The maximum absolute atomic E-state index is 12.0. The molecule has 1 atom stereocenters. The predicted molar refractivity (Wildman–Crippen MR) is 41.0 cm³/mol. The van der Waals surface area contributed by atoms with Crippen molar-refractivity contribution in [1.82, 2.24) is 0 Å². The summed E-state index contributed by atoms with van der Waals surface area (Å²) < 4.78 is 12.0. The van der Waals surface area contributed by atoms with Crippen LogP contribution in [-0.4, -0.2) is 11.8 Å². The molecule has 0 radical (unpaired) electrons. The van der Waals surface area contributed by atoms with Crippen molar-refractivity contribution in [3.63, 3.8) is 0 Å². The molecule has 0 bridgehead atoms. The van der Waals surface area contributed by atoms with E-state index in [1.807, 2.05) is 0 Å². The first-order valence-electron chi connectivity index (χ1n) is 3.34. The van der Waals surface area contributed by atoms with E-state index in [1.165, 1.54) is 12.1 Å². The van der Waals surface area contributed by atoms with Crippen LogP contribution >= 0.6 is 0 Å². The predicted octanol–water partition coefficient (Wildman–Crippen LogP) is 1.36. The van der Waals surface area contributed by atoms with Gasteiger partial charge in [0.2, 0.25) is 0 Å². The molecule has 2 nitrogen and oxygen atoms in total. The van der Waals surface area contributed by atoms with Gasteiger partial charge in [0.1, 0.15) is 12.4 Å². The number of hydrogen-bond acceptors (Lipinski definition) is 2. The van der Waals surface area contributed by atoms with Crippen LogP contribution in [0.15, 0.2) is 24.3 Å². The Morgan fingerprint density at radius 2 is 2.27 bits per heavy atom. The largest absolute Gasteiger partial charge is 0.508 e. The Labute approximate surface area is 64.5 Å². The smallest absolute Gasteiger partial charge is 0.115 e. The molecule has 3 N–H and O–H groups in total. The van der Waals surface area contributed by atoms with E-state index in [1.54, 1.807) is 12.1 Å². The molecular weight excluding hydrogens is 145 g/mol. The van der Waals surface area contributed by atoms with Crippen LogP contribution < -0.4 is 5.73 Å². The van der Waals surface area contributed by atoms with Crippen molar-refractivity contribution in [2.75, 3.05) is 6.67 Å². The summed E-state index contributed by atoms with van der Waals surface area (Å²) in [5.74, 6) is 0.117. The van der Waals surface area contributed by atoms with Crippen LogP contribution in [0, 0.1) is 0 Å². The molecule has 0 fully saturated rings. The monoisotopic (exact) mass is 155 g/mol. The molecule has 0 saturated carbocycles. The number of aromatic hydroxyl groups is 1. The second kappa shape index (κ2) is 3.34. The van der Waals surface area contributed by atoms with Gasteiger partial charge in [0.25, 0.3) is 0 Å². The van der Waals surface area contributed by atoms with E-state index < -0.39 is 12.7 Å². The van der Waals surface area contributed by atoms with Crippen molar-refractivity contribution < 1.29 is 9.50 Å². The number of phenols is 1. The molecule has 0 spiro atoms. The van der Waals surface area contributed by atoms with Crippen LogP contribution in [0.1, 0.15) is 11.6 Å². The molecule has 0 heterocycles. The molecule has 0 aliphatic heterocycles. The second-order valence-electron chi connectivity index (χ2n) is 2.36. The SMILES string of the molecule is N[C@H](CF)c1cccc(O)c1. The van der Waals surface area contributed by atoms with Gasteiger partial charge in [0, 0.05) is 0 Å². The highest BCUT2D eigenvalue weighted by molar-refractivity contribution is 5.29. The average molecular weight is 155 g/mol. The van der Waals surface area contributed by atoms with Gasteiger partial charge in [0.05, 0.1) is 6.04 Å². The van der Waals surface area contributed by atoms with Gasteiger partial charge in [-0.2, -0.15) is 0 Å². The van der Waals surface area contributed by atoms with Crippen LogP contribution in [-0.2, 0) is 0 Å². The first kappa shape index (κ1) is 8.01. The van der Waals surface area contributed by atoms with Crippen molar-refractivity contribution in [1.29, 1.82) is 0 Å². The topological polar surface area (TPSA) is 46.2 Å². The first-order valence-corrected chi connectivity index (χ1v) is 3.34. The van der Waals surface area contributed by atoms with Crippen LogP contribution in [0.3, 0.4) is 0 Å². The number of rotatable bonds is 2. The summed E-state index contributed by atoms with van der Waals surface area (Å²) >= 11 is 0. The molecule has 0 unspecified atom stereocenters. The Morgan fingerprint density at radius 1 is 1.55 bits per heavy atom. The lowest BCUT2D eigenvalue weighted by atomic mass is 10.1. The number of benzene rings is 1. The normalized spacial score (nSPS) is 12.9. The Kier molecular flexibility index (Phi) is 2.44. The maximum Gasteiger partial charge on any atom is 0.115 e. The summed E-state index contributed by atoms with van der Waals surface area (Å²) in [7, 11) is 0. The summed E-state index contributed by atoms with van der Waals surface area (Å²) in [6, 6.07) is 5.69. The highest BCUT2D eigenvalue weighted by Crippen LogP contribution is 2.16. The molecule has 1 rings (SSSR count). The van der Waals surface area contributed by atoms with Crippen molar-refractivity contribution >= 4 is 0 Å². The highest BCUT2D eigenvalue weighted by Gasteiger charge is 2.04. The summed E-state index contributed by atoms with van der Waals surface area (Å²) in [4.78, 5) is 0. The summed E-state index contributed by atoms with van der Waals surface area (Å²) in [6.45, 7) is -0.608. The minimum atomic E-state index is -0.623. The van der Waals surface area contributed by atoms with Gasteiger partial charge in [-0.3, -0.25) is 0 Å². The van der Waals surface area contributed by atoms with Crippen LogP contribution in [0.5, 0.6) is 5.75 Å². The van der Waals surface area contributed by atoms with Crippen molar-refractivity contribution in [3.8, 4) is 5.75 Å². The molecule has 60 valence electrons. The third-order valence-corrected chi connectivity index (χ3v) is 1.46. The summed E-state index contributed by atoms with van der Waals surface area (Å²) in [5.41, 5.74) is 6.00. The number of hydrogen-bond donors (Lipinski definition) is 2. The van der Waals surface area contributed by atoms with E-state index in [-0.39, 0.29) is 5.75 Å². The molecule has 0 aromatic heterocycles. The standard InChI is InChI=1S/C8H10FNO/c9-5-8(10)6-2-1-3-7(11)4-6/h1-4,8,11H,5,10H2/t8-/m1/s1. The molecule has 0 aliphatic rings. The third kappa shape index (κ3) is 1.91. The van der Waals surface area contributed by atoms with Gasteiger partial charge in [0.15, 0.2) is 0 Å². The third-order valence-electron chi connectivity index (χ3n) is 1.46. The summed E-state index contributed by atoms with van der Waals surface area (Å²) in [6.07, 6.45) is 0. The highest BCUT2D eigenvalue weighted by atomic mass is 19.1. The summed E-state index contributed by atoms with van der Waals surface area (Å²) in [5, 5.41) is 8.98. The fourth-order valence-electron chi connectivity index (χ4n) is 0.845. The Bertz CT molecular complexity index is 239. The number of phenolic OH excluding ortho intramolecular Hbond substituents is 1. The van der Waals surface area contributed by atoms with Crippen LogP contribution in [0.25, 0.3) is 0 Å². The number of halogens is 1. The minimum absolute atomic E-state index is 0.117. The quantitative estimate of drug-likeness (QED) is 0.677. The average Bonchev–Trinajstić information content (AvgIpc) is 2.03. The van der Waals surface area contributed by atoms with Crippen molar-refractivity contribution in [2.24, 2.45) is 5.73 Å². The Balaban J connectivity index is 2.86. The lowest BCUT2D eigenvalue weighted by Gasteiger charge is -2.06. The Hall–Kier alpha value is -1.09. The maximum atomic E-state index is 12.0. The van der Waals surface area contributed by atoms with E-state index in [4.69, 9.17) is 10.8 Å². The lowest BCUT2D eigenvalue weighted by Crippen LogP contribution is -2.11. The molecule has 0 aliphatic carbocycles. The van der Waals surface area contributed by atoms with Crippen molar-refractivity contribution in [3.05, 3.63) is 29.8 Å². The molecule has 11 heavy (non-hydrogen) atoms. The zero-order valence-electron chi connectivity index (χ0n) is 6.00. The van der Waals surface area contributed by atoms with E-state index in [0.717, 1.165) is 0 Å². The van der Waals surface area contributed by atoms with Gasteiger partial charge in [-0.05, 0) is 17.7 Å². The van der Waals surface area contributed by atoms with E-state index in [0.29, 0.717) is 5.56 Å². The zero-order valence-corrected chi connectivity index (χ0v) is 6.00. The van der Waals surface area contributed by atoms with Gasteiger partial charge in [-0.15, -0.1) is 0 Å². The van der Waals surface area contributed by atoms with E-state index >= 15 is 0 Å². The molecule has 1 aromatic rings. The Morgan fingerprint density at radius 3 is 2.82 bits per heavy atom. The van der Waals surface area contributed by atoms with Crippen molar-refractivity contribution in [2.45, 2.75) is 6.04 Å². The van der Waals surface area contributed by atoms with Gasteiger partial charge in [-0.1, -0.05) is 12.1 Å². The molecular formula is C8H10FNO. The fraction of sp³-hybridized carbons (Fsp3) is 0.250. The minimum Gasteiger partial charge on any atom is -0.508 e. The lowest BCUT2D eigenvalue weighted by molar-refractivity contribution is 0.434. The fourth-order valence-corrected chi connectivity index (χ4v) is 0.845. The molecule has 3 heteroatoms.